The fraction of sp³-hybridized carbons (Fsp3) is 0. The van der Waals surface area contributed by atoms with E-state index in [1.54, 1.807) is 0 Å². The molecule has 0 rings (SSSR count). The van der Waals surface area contributed by atoms with Crippen LogP contribution in [0.4, 0.5) is 4.79 Å². The molecule has 0 saturated carbocycles. The van der Waals surface area contributed by atoms with Crippen LogP contribution in [0.2, 0.25) is 0 Å². The molecule has 0 aliphatic rings. The first-order chi connectivity index (χ1) is 1.73. The van der Waals surface area contributed by atoms with Crippen molar-refractivity contribution in [2.75, 3.05) is 0 Å². The van der Waals surface area contributed by atoms with Crippen LogP contribution in [-0.2, 0) is 28.0 Å². The van der Waals surface area contributed by atoms with Crippen molar-refractivity contribution in [3.05, 3.63) is 0 Å². The zero-order valence-electron chi connectivity index (χ0n) is 2.92. The predicted molar refractivity (Wildman–Crippen MR) is 6.77 cm³/mol. The van der Waals surface area contributed by atoms with Gasteiger partial charge in [0.2, 0.25) is 0 Å². The number of carbonyl (C=O) groups is 1. The monoisotopic (exact) mass is 147 g/mol. The molecule has 0 spiro atoms. The third-order valence-corrected chi connectivity index (χ3v) is 0. The first kappa shape index (κ1) is 29.8. The molecule has 1 radical (unpaired) electrons. The van der Waals surface area contributed by atoms with Gasteiger partial charge in [0.25, 0.3) is 0 Å². The smallest absolute Gasteiger partial charge is 0 e. The van der Waals surface area contributed by atoms with Crippen LogP contribution in [0.5, 0.6) is 0 Å². The molecule has 5 nitrogen and oxygen atoms in total. The minimum absolute atomic E-state index is 0. The van der Waals surface area contributed by atoms with Crippen LogP contribution in [0.15, 0.2) is 0 Å². The maximum absolute atomic E-state index is 8.33. The first-order valence-electron chi connectivity index (χ1n) is 0.612. The Hall–Kier alpha value is -0.291. The molecule has 47 valence electrons. The van der Waals surface area contributed by atoms with Crippen molar-refractivity contribution >= 4 is 6.16 Å². The van der Waals surface area contributed by atoms with Gasteiger partial charge in [0.05, 0.1) is 0 Å². The summed E-state index contributed by atoms with van der Waals surface area (Å²) in [6.07, 6.45) is -2.33. The summed E-state index contributed by atoms with van der Waals surface area (Å²) in [5, 5.41) is 16.7. The summed E-state index contributed by atoms with van der Waals surface area (Å²) in [4.78, 5) is 8.33. The van der Waals surface area contributed by atoms with Gasteiger partial charge in [0, 0.05) is 17.1 Å². The Labute approximate surface area is 50.0 Å². The number of hydrogen-bond donors (Lipinski definition) is 0. The molecule has 6 heteroatoms. The van der Waals surface area contributed by atoms with E-state index in [4.69, 9.17) is 15.0 Å². The fourth-order valence-electron chi connectivity index (χ4n) is 0. The minimum atomic E-state index is -2.33. The van der Waals surface area contributed by atoms with Crippen molar-refractivity contribution < 1.29 is 43.0 Å². The van der Waals surface area contributed by atoms with Crippen molar-refractivity contribution in [1.29, 1.82) is 0 Å². The molecular formula is CMnO5-6. The van der Waals surface area contributed by atoms with Gasteiger partial charge in [0.15, 0.2) is 0 Å². The van der Waals surface area contributed by atoms with E-state index in [1.165, 1.54) is 0 Å². The molecule has 0 fully saturated rings. The molecule has 0 aliphatic heterocycles. The Bertz CT molecular complexity index is 31.1. The zero-order chi connectivity index (χ0) is 3.58. The van der Waals surface area contributed by atoms with Crippen LogP contribution < -0.4 is 10.2 Å². The summed E-state index contributed by atoms with van der Waals surface area (Å²) in [6.45, 7) is 0. The molecule has 0 aromatic rings. The Morgan fingerprint density at radius 2 is 1.14 bits per heavy atom. The average Bonchev–Trinajstić information content (AvgIpc) is 0.811. The molecule has 0 aliphatic carbocycles. The van der Waals surface area contributed by atoms with Gasteiger partial charge in [-0.2, -0.15) is 0 Å². The predicted octanol–water partition coefficient (Wildman–Crippen LogP) is -2.69. The summed E-state index contributed by atoms with van der Waals surface area (Å²) in [6, 6.07) is 0. The maximum Gasteiger partial charge on any atom is 0 e. The van der Waals surface area contributed by atoms with Crippen LogP contribution in [0.1, 0.15) is 0 Å². The van der Waals surface area contributed by atoms with Crippen LogP contribution in [-0.4, -0.2) is 6.16 Å². The van der Waals surface area contributed by atoms with E-state index in [1.807, 2.05) is 0 Å². The summed E-state index contributed by atoms with van der Waals surface area (Å²) >= 11 is 0. The van der Waals surface area contributed by atoms with E-state index >= 15 is 0 Å². The van der Waals surface area contributed by atoms with Gasteiger partial charge in [-0.05, 0) is 6.16 Å². The summed E-state index contributed by atoms with van der Waals surface area (Å²) < 4.78 is 0. The van der Waals surface area contributed by atoms with Crippen LogP contribution in [0, 0.1) is 0 Å². The van der Waals surface area contributed by atoms with Crippen molar-refractivity contribution in [3.63, 3.8) is 0 Å². The van der Waals surface area contributed by atoms with Gasteiger partial charge in [-0.15, -0.1) is 0 Å². The SMILES string of the molecule is O=C([O-])[O-].[Mn].[O-2].[O-2]. The molecule has 0 unspecified atom stereocenters. The van der Waals surface area contributed by atoms with Crippen molar-refractivity contribution in [1.82, 2.24) is 0 Å². The standard InChI is InChI=1S/CH2O3.Mn.2O/c2-1(3)4;;;/h(H2,2,3,4);;;/q;;2*-2/p-2. The van der Waals surface area contributed by atoms with Gasteiger partial charge < -0.3 is 26.0 Å². The van der Waals surface area contributed by atoms with Gasteiger partial charge in [-0.25, -0.2) is 0 Å². The Balaban J connectivity index is -0.0000000150. The largest absolute Gasteiger partial charge is 2.00 e. The quantitative estimate of drug-likeness (QED) is 0.346. The third kappa shape index (κ3) is 931. The topological polar surface area (TPSA) is 120 Å². The third-order valence-electron chi connectivity index (χ3n) is 0. The molecule has 0 aromatic carbocycles. The summed E-state index contributed by atoms with van der Waals surface area (Å²) in [5.41, 5.74) is 0. The van der Waals surface area contributed by atoms with E-state index in [9.17, 15) is 0 Å². The summed E-state index contributed by atoms with van der Waals surface area (Å²) in [5.74, 6) is 0. The van der Waals surface area contributed by atoms with Gasteiger partial charge in [-0.3, -0.25) is 0 Å². The molecule has 0 N–H and O–H groups in total. The second kappa shape index (κ2) is 17.2. The minimum Gasteiger partial charge on any atom is -2.00 e. The average molecular weight is 147 g/mol. The number of carboxylic acid groups (broad SMARTS) is 2. The molecule has 0 bridgehead atoms. The molecule has 0 amide bonds. The van der Waals surface area contributed by atoms with E-state index in [2.05, 4.69) is 0 Å². The molecule has 0 aromatic heterocycles. The van der Waals surface area contributed by atoms with Crippen molar-refractivity contribution in [2.24, 2.45) is 0 Å². The van der Waals surface area contributed by atoms with E-state index in [-0.39, 0.29) is 28.0 Å². The number of carbonyl (C=O) groups excluding carboxylic acids is 1. The second-order valence-electron chi connectivity index (χ2n) is 0.250. The Morgan fingerprint density at radius 1 is 1.14 bits per heavy atom. The number of hydrogen-bond acceptors (Lipinski definition) is 3. The Morgan fingerprint density at radius 3 is 1.14 bits per heavy atom. The molecule has 0 saturated heterocycles. The Kier molecular flexibility index (Phi) is 73.4. The van der Waals surface area contributed by atoms with Crippen LogP contribution in [0.25, 0.3) is 0 Å². The van der Waals surface area contributed by atoms with Crippen LogP contribution >= 0.6 is 0 Å². The molecule has 0 heterocycles. The normalized spacial score (nSPS) is 3.43. The molecule has 7 heavy (non-hydrogen) atoms. The van der Waals surface area contributed by atoms with Crippen molar-refractivity contribution in [3.8, 4) is 0 Å². The molecule has 0 atom stereocenters. The van der Waals surface area contributed by atoms with Gasteiger partial charge in [-0.1, -0.05) is 0 Å². The van der Waals surface area contributed by atoms with E-state index in [0.717, 1.165) is 0 Å². The summed E-state index contributed by atoms with van der Waals surface area (Å²) in [7, 11) is 0. The molecular weight excluding hydrogens is 147 g/mol. The second-order valence-corrected chi connectivity index (χ2v) is 0.250. The van der Waals surface area contributed by atoms with E-state index in [0.29, 0.717) is 0 Å². The van der Waals surface area contributed by atoms with E-state index < -0.39 is 6.16 Å². The number of rotatable bonds is 0. The van der Waals surface area contributed by atoms with Crippen molar-refractivity contribution in [2.45, 2.75) is 0 Å². The first-order valence-corrected chi connectivity index (χ1v) is 0.612. The van der Waals surface area contributed by atoms with Crippen LogP contribution in [0.3, 0.4) is 0 Å². The fourth-order valence-corrected chi connectivity index (χ4v) is 0. The van der Waals surface area contributed by atoms with Gasteiger partial charge in [0.1, 0.15) is 0 Å². The zero-order valence-corrected chi connectivity index (χ0v) is 4.10. The maximum atomic E-state index is 8.33. The van der Waals surface area contributed by atoms with Gasteiger partial charge >= 0.3 is 0 Å².